The van der Waals surface area contributed by atoms with Crippen LogP contribution in [0.2, 0.25) is 0 Å². The summed E-state index contributed by atoms with van der Waals surface area (Å²) in [6.07, 6.45) is -0.758. The molecule has 2 aromatic carbocycles. The first-order valence-corrected chi connectivity index (χ1v) is 8.88. The van der Waals surface area contributed by atoms with Gasteiger partial charge in [-0.25, -0.2) is 0 Å². The molecule has 2 aliphatic carbocycles. The van der Waals surface area contributed by atoms with Crippen LogP contribution in [0.1, 0.15) is 12.8 Å². The van der Waals surface area contributed by atoms with Crippen LogP contribution < -0.4 is 9.47 Å². The van der Waals surface area contributed by atoms with Crippen LogP contribution in [0.15, 0.2) is 48.2 Å². The van der Waals surface area contributed by atoms with Gasteiger partial charge >= 0.3 is 5.79 Å². The van der Waals surface area contributed by atoms with Gasteiger partial charge in [0.25, 0.3) is 0 Å². The van der Waals surface area contributed by atoms with E-state index in [1.165, 1.54) is 0 Å². The van der Waals surface area contributed by atoms with E-state index in [2.05, 4.69) is 0 Å². The molecule has 0 aromatic heterocycles. The van der Waals surface area contributed by atoms with Crippen molar-refractivity contribution in [3.8, 4) is 11.5 Å². The molecule has 7 nitrogen and oxygen atoms in total. The number of aliphatic hydroxyl groups is 3. The van der Waals surface area contributed by atoms with Gasteiger partial charge in [-0.15, -0.1) is 0 Å². The Balaban J connectivity index is 1.62. The summed E-state index contributed by atoms with van der Waals surface area (Å²) in [6, 6.07) is 11.0. The predicted octanol–water partition coefficient (Wildman–Crippen LogP) is 1.36. The van der Waals surface area contributed by atoms with Crippen molar-refractivity contribution in [3.63, 3.8) is 0 Å². The normalized spacial score (nSPS) is 37.7. The number of ketones is 1. The number of benzene rings is 2. The van der Waals surface area contributed by atoms with Crippen LogP contribution in [-0.2, 0) is 9.53 Å². The summed E-state index contributed by atoms with van der Waals surface area (Å²) in [6.45, 7) is 0. The molecule has 0 bridgehead atoms. The fourth-order valence-electron chi connectivity index (χ4n) is 5.05. The number of epoxide rings is 1. The Labute approximate surface area is 153 Å². The molecule has 2 aromatic rings. The van der Waals surface area contributed by atoms with Crippen LogP contribution in [-0.4, -0.2) is 50.3 Å². The molecule has 7 heteroatoms. The van der Waals surface area contributed by atoms with Crippen LogP contribution >= 0.6 is 0 Å². The van der Waals surface area contributed by atoms with E-state index in [9.17, 15) is 20.1 Å². The standard InChI is InChI=1S/C20H16O7/c21-11-9-18(20-15(23)8-7-14(22)19(20,27-20)17(11)24)25-12-5-1-3-10-4-2-6-13(26-18)16(10)12/h1-6,9,14-15,21-23H,7-8H2/t14-,15-,19+,20-/m1/s1. The number of ether oxygens (including phenoxy) is 3. The zero-order valence-corrected chi connectivity index (χ0v) is 14.1. The number of rotatable bonds is 0. The Hall–Kier alpha value is -2.61. The Bertz CT molecular complexity index is 1020. The smallest absolute Gasteiger partial charge is 0.310 e. The van der Waals surface area contributed by atoms with Crippen LogP contribution in [0.5, 0.6) is 11.5 Å². The van der Waals surface area contributed by atoms with Crippen LogP contribution in [0.3, 0.4) is 0 Å². The lowest BCUT2D eigenvalue weighted by molar-refractivity contribution is -0.177. The Morgan fingerprint density at radius 2 is 1.59 bits per heavy atom. The van der Waals surface area contributed by atoms with Crippen molar-refractivity contribution in [3.05, 3.63) is 48.2 Å². The molecule has 138 valence electrons. The van der Waals surface area contributed by atoms with E-state index in [0.717, 1.165) is 16.8 Å². The molecular formula is C20H16O7. The second-order valence-electron chi connectivity index (χ2n) is 7.52. The van der Waals surface area contributed by atoms with E-state index < -0.39 is 40.7 Å². The van der Waals surface area contributed by atoms with Gasteiger partial charge in [0.1, 0.15) is 11.5 Å². The predicted molar refractivity (Wildman–Crippen MR) is 91.4 cm³/mol. The third-order valence-electron chi connectivity index (χ3n) is 6.25. The van der Waals surface area contributed by atoms with E-state index in [4.69, 9.17) is 14.2 Å². The quantitative estimate of drug-likeness (QED) is 0.603. The molecule has 6 rings (SSSR count). The van der Waals surface area contributed by atoms with E-state index in [-0.39, 0.29) is 12.8 Å². The first-order valence-electron chi connectivity index (χ1n) is 8.88. The van der Waals surface area contributed by atoms with Crippen molar-refractivity contribution in [1.29, 1.82) is 0 Å². The summed E-state index contributed by atoms with van der Waals surface area (Å²) < 4.78 is 18.2. The summed E-state index contributed by atoms with van der Waals surface area (Å²) in [5, 5.41) is 33.4. The number of carbonyl (C=O) groups excluding carboxylic acids is 1. The number of aliphatic hydroxyl groups excluding tert-OH is 3. The molecule has 27 heavy (non-hydrogen) atoms. The molecule has 2 heterocycles. The molecule has 1 saturated heterocycles. The second-order valence-corrected chi connectivity index (χ2v) is 7.52. The molecule has 4 aliphatic rings. The third-order valence-corrected chi connectivity index (χ3v) is 6.25. The van der Waals surface area contributed by atoms with Crippen LogP contribution in [0.4, 0.5) is 0 Å². The largest absolute Gasteiger partial charge is 0.504 e. The summed E-state index contributed by atoms with van der Waals surface area (Å²) in [7, 11) is 0. The molecule has 2 fully saturated rings. The Kier molecular flexibility index (Phi) is 2.54. The van der Waals surface area contributed by atoms with Crippen molar-refractivity contribution in [2.75, 3.05) is 0 Å². The lowest BCUT2D eigenvalue weighted by Crippen LogP contribution is -2.70. The van der Waals surface area contributed by atoms with Crippen molar-refractivity contribution in [2.24, 2.45) is 0 Å². The van der Waals surface area contributed by atoms with Crippen molar-refractivity contribution in [1.82, 2.24) is 0 Å². The zero-order chi connectivity index (χ0) is 18.6. The lowest BCUT2D eigenvalue weighted by atomic mass is 9.66. The maximum atomic E-state index is 12.7. The minimum atomic E-state index is -1.77. The van der Waals surface area contributed by atoms with E-state index >= 15 is 0 Å². The van der Waals surface area contributed by atoms with Crippen LogP contribution in [0.25, 0.3) is 10.8 Å². The van der Waals surface area contributed by atoms with Crippen molar-refractivity contribution < 1.29 is 34.3 Å². The van der Waals surface area contributed by atoms with E-state index in [1.54, 1.807) is 12.1 Å². The molecule has 3 N–H and O–H groups in total. The zero-order valence-electron chi connectivity index (χ0n) is 14.1. The topological polar surface area (TPSA) is 109 Å². The SMILES string of the molecule is O=C1C(O)=CC2(Oc3cccc4cccc(c34)O2)[C@@]23O[C@@]12[C@H](O)CC[C@H]3O. The molecular weight excluding hydrogens is 352 g/mol. The van der Waals surface area contributed by atoms with Crippen LogP contribution in [0, 0.1) is 0 Å². The molecule has 1 saturated carbocycles. The van der Waals surface area contributed by atoms with Gasteiger partial charge in [-0.05, 0) is 30.4 Å². The number of Topliss-reactive ketones (excluding diaryl/α,β-unsaturated/α-hetero) is 1. The number of hydrogen-bond acceptors (Lipinski definition) is 7. The van der Waals surface area contributed by atoms with Gasteiger partial charge in [0.15, 0.2) is 5.76 Å². The van der Waals surface area contributed by atoms with Gasteiger partial charge in [-0.1, -0.05) is 24.3 Å². The fraction of sp³-hybridized carbons (Fsp3) is 0.350. The highest BCUT2D eigenvalue weighted by molar-refractivity contribution is 6.06. The highest BCUT2D eigenvalue weighted by atomic mass is 16.8. The van der Waals surface area contributed by atoms with Gasteiger partial charge in [-0.2, -0.15) is 0 Å². The fourth-order valence-corrected chi connectivity index (χ4v) is 5.05. The van der Waals surface area contributed by atoms with Gasteiger partial charge in [-0.3, -0.25) is 4.79 Å². The Morgan fingerprint density at radius 1 is 0.963 bits per heavy atom. The molecule has 0 unspecified atom stereocenters. The number of hydrogen-bond donors (Lipinski definition) is 3. The monoisotopic (exact) mass is 368 g/mol. The molecule has 1 spiro atoms. The lowest BCUT2D eigenvalue weighted by Gasteiger charge is -2.46. The van der Waals surface area contributed by atoms with Crippen molar-refractivity contribution in [2.45, 2.75) is 42.0 Å². The van der Waals surface area contributed by atoms with Gasteiger partial charge < -0.3 is 29.5 Å². The summed E-state index contributed by atoms with van der Waals surface area (Å²) in [5.74, 6) is -2.17. The maximum Gasteiger partial charge on any atom is 0.310 e. The first kappa shape index (κ1) is 15.4. The maximum absolute atomic E-state index is 12.7. The average Bonchev–Trinajstić information content (AvgIpc) is 3.39. The molecule has 0 radical (unpaired) electrons. The molecule has 0 amide bonds. The summed E-state index contributed by atoms with van der Waals surface area (Å²) in [5.41, 5.74) is -3.40. The average molecular weight is 368 g/mol. The van der Waals surface area contributed by atoms with Gasteiger partial charge in [0.05, 0.1) is 17.6 Å². The number of carbonyl (C=O) groups is 1. The van der Waals surface area contributed by atoms with E-state index in [1.807, 2.05) is 24.3 Å². The minimum absolute atomic E-state index is 0.171. The molecule has 2 aliphatic heterocycles. The Morgan fingerprint density at radius 3 is 2.26 bits per heavy atom. The van der Waals surface area contributed by atoms with E-state index in [0.29, 0.717) is 11.5 Å². The highest BCUT2D eigenvalue weighted by Gasteiger charge is 2.93. The highest BCUT2D eigenvalue weighted by Crippen LogP contribution is 2.68. The summed E-state index contributed by atoms with van der Waals surface area (Å²) in [4.78, 5) is 12.7. The third kappa shape index (κ3) is 1.47. The second kappa shape index (κ2) is 4.44. The first-order chi connectivity index (χ1) is 13.0. The minimum Gasteiger partial charge on any atom is -0.504 e. The van der Waals surface area contributed by atoms with Gasteiger partial charge in [0.2, 0.25) is 17.0 Å². The van der Waals surface area contributed by atoms with Gasteiger partial charge in [0, 0.05) is 6.08 Å². The summed E-state index contributed by atoms with van der Waals surface area (Å²) >= 11 is 0. The van der Waals surface area contributed by atoms with Crippen molar-refractivity contribution >= 4 is 16.6 Å². The molecule has 4 atom stereocenters.